The zero-order valence-corrected chi connectivity index (χ0v) is 16.6. The molecule has 0 aliphatic rings. The fraction of sp³-hybridized carbons (Fsp3) is 0.0526. The summed E-state index contributed by atoms with van der Waals surface area (Å²) < 4.78 is 46.9. The molecule has 0 atom stereocenters. The van der Waals surface area contributed by atoms with Crippen molar-refractivity contribution in [1.29, 1.82) is 0 Å². The Morgan fingerprint density at radius 2 is 1.78 bits per heavy atom. The van der Waals surface area contributed by atoms with Crippen molar-refractivity contribution in [2.45, 2.75) is 9.79 Å². The quantitative estimate of drug-likeness (QED) is 0.551. The third-order valence-electron chi connectivity index (χ3n) is 3.88. The molecule has 0 aliphatic carbocycles. The SMILES string of the molecule is COc1ccc(-c2ccc(NS(=O)(=O)c3ccccc3)c(F)c2S)cc1Cl. The molecule has 0 aliphatic heterocycles. The Balaban J connectivity index is 1.97. The number of methoxy groups -OCH3 is 1. The first-order valence-corrected chi connectivity index (χ1v) is 10.1. The molecular weight excluding hydrogens is 409 g/mol. The maximum Gasteiger partial charge on any atom is 0.261 e. The lowest BCUT2D eigenvalue weighted by Gasteiger charge is -2.13. The summed E-state index contributed by atoms with van der Waals surface area (Å²) in [5.74, 6) is -0.281. The normalized spacial score (nSPS) is 11.3. The fourth-order valence-corrected chi connectivity index (χ4v) is 4.18. The van der Waals surface area contributed by atoms with Crippen LogP contribution in [0.5, 0.6) is 5.75 Å². The van der Waals surface area contributed by atoms with Crippen molar-refractivity contribution >= 4 is 39.9 Å². The maximum atomic E-state index is 14.8. The molecule has 0 bridgehead atoms. The van der Waals surface area contributed by atoms with E-state index in [1.165, 1.54) is 25.3 Å². The second-order valence-corrected chi connectivity index (χ2v) is 8.13. The highest BCUT2D eigenvalue weighted by atomic mass is 35.5. The second kappa shape index (κ2) is 7.80. The molecule has 140 valence electrons. The number of hydrogen-bond acceptors (Lipinski definition) is 4. The molecule has 8 heteroatoms. The van der Waals surface area contributed by atoms with Gasteiger partial charge in [-0.05, 0) is 41.5 Å². The van der Waals surface area contributed by atoms with E-state index in [1.807, 2.05) is 0 Å². The van der Waals surface area contributed by atoms with Gasteiger partial charge < -0.3 is 4.74 Å². The van der Waals surface area contributed by atoms with Gasteiger partial charge in [0.25, 0.3) is 10.0 Å². The Kier molecular flexibility index (Phi) is 5.64. The molecule has 0 fully saturated rings. The van der Waals surface area contributed by atoms with Crippen LogP contribution in [0.4, 0.5) is 10.1 Å². The molecule has 3 aromatic rings. The molecule has 0 aromatic heterocycles. The minimum absolute atomic E-state index is 0.00416. The Morgan fingerprint density at radius 3 is 2.41 bits per heavy atom. The van der Waals surface area contributed by atoms with Gasteiger partial charge in [0.1, 0.15) is 5.75 Å². The summed E-state index contributed by atoms with van der Waals surface area (Å²) in [5, 5.41) is 0.372. The van der Waals surface area contributed by atoms with E-state index in [0.717, 1.165) is 0 Å². The van der Waals surface area contributed by atoms with Crippen LogP contribution in [0.15, 0.2) is 70.5 Å². The molecule has 0 unspecified atom stereocenters. The maximum absolute atomic E-state index is 14.8. The van der Waals surface area contributed by atoms with Crippen molar-refractivity contribution in [3.8, 4) is 16.9 Å². The van der Waals surface area contributed by atoms with Crippen LogP contribution in [-0.2, 0) is 10.0 Å². The van der Waals surface area contributed by atoms with Crippen LogP contribution in [0.1, 0.15) is 0 Å². The zero-order chi connectivity index (χ0) is 19.6. The summed E-state index contributed by atoms with van der Waals surface area (Å²) in [4.78, 5) is 0.0422. The van der Waals surface area contributed by atoms with Gasteiger partial charge in [0, 0.05) is 4.90 Å². The highest BCUT2D eigenvalue weighted by molar-refractivity contribution is 7.92. The summed E-state index contributed by atoms with van der Waals surface area (Å²) in [6.45, 7) is 0. The average molecular weight is 424 g/mol. The van der Waals surface area contributed by atoms with Gasteiger partial charge in [-0.15, -0.1) is 12.6 Å². The van der Waals surface area contributed by atoms with Crippen LogP contribution in [-0.4, -0.2) is 15.5 Å². The van der Waals surface area contributed by atoms with Gasteiger partial charge in [0.2, 0.25) is 0 Å². The Morgan fingerprint density at radius 1 is 1.07 bits per heavy atom. The molecular formula is C19H15ClFNO3S2. The second-order valence-electron chi connectivity index (χ2n) is 5.59. The average Bonchev–Trinajstić information content (AvgIpc) is 2.66. The topological polar surface area (TPSA) is 55.4 Å². The number of ether oxygens (including phenoxy) is 1. The molecule has 0 amide bonds. The minimum Gasteiger partial charge on any atom is -0.495 e. The first-order valence-electron chi connectivity index (χ1n) is 7.76. The highest BCUT2D eigenvalue weighted by Gasteiger charge is 2.19. The minimum atomic E-state index is -3.91. The van der Waals surface area contributed by atoms with Crippen molar-refractivity contribution in [3.05, 3.63) is 71.5 Å². The Bertz CT molecular complexity index is 1090. The van der Waals surface area contributed by atoms with Crippen LogP contribution in [0.2, 0.25) is 5.02 Å². The van der Waals surface area contributed by atoms with Crippen LogP contribution in [0, 0.1) is 5.82 Å². The molecule has 3 aromatic carbocycles. The summed E-state index contributed by atoms with van der Waals surface area (Å²) in [7, 11) is -2.41. The largest absolute Gasteiger partial charge is 0.495 e. The fourth-order valence-electron chi connectivity index (χ4n) is 2.51. The van der Waals surface area contributed by atoms with Crippen LogP contribution >= 0.6 is 24.2 Å². The van der Waals surface area contributed by atoms with Gasteiger partial charge in [0.15, 0.2) is 5.82 Å². The summed E-state index contributed by atoms with van der Waals surface area (Å²) in [6.07, 6.45) is 0. The van der Waals surface area contributed by atoms with E-state index in [0.29, 0.717) is 21.9 Å². The predicted octanol–water partition coefficient (Wildman–Crippen LogP) is 5.24. The van der Waals surface area contributed by atoms with E-state index in [4.69, 9.17) is 16.3 Å². The van der Waals surface area contributed by atoms with E-state index >= 15 is 0 Å². The lowest BCUT2D eigenvalue weighted by atomic mass is 10.0. The van der Waals surface area contributed by atoms with E-state index in [9.17, 15) is 12.8 Å². The third-order valence-corrected chi connectivity index (χ3v) is 5.99. The number of nitrogens with one attached hydrogen (secondary N) is 1. The van der Waals surface area contributed by atoms with Gasteiger partial charge >= 0.3 is 0 Å². The smallest absolute Gasteiger partial charge is 0.261 e. The molecule has 3 rings (SSSR count). The predicted molar refractivity (Wildman–Crippen MR) is 108 cm³/mol. The number of benzene rings is 3. The van der Waals surface area contributed by atoms with Gasteiger partial charge in [-0.3, -0.25) is 4.72 Å². The number of hydrogen-bond donors (Lipinski definition) is 2. The monoisotopic (exact) mass is 423 g/mol. The van der Waals surface area contributed by atoms with E-state index in [-0.39, 0.29) is 15.5 Å². The van der Waals surface area contributed by atoms with Gasteiger partial charge in [-0.2, -0.15) is 0 Å². The molecule has 4 nitrogen and oxygen atoms in total. The van der Waals surface area contributed by atoms with Crippen LogP contribution < -0.4 is 9.46 Å². The van der Waals surface area contributed by atoms with Crippen LogP contribution in [0.3, 0.4) is 0 Å². The van der Waals surface area contributed by atoms with Crippen molar-refractivity contribution < 1.29 is 17.5 Å². The Labute approximate surface area is 167 Å². The van der Waals surface area contributed by atoms with Crippen molar-refractivity contribution in [2.75, 3.05) is 11.8 Å². The number of rotatable bonds is 5. The molecule has 0 radical (unpaired) electrons. The third kappa shape index (κ3) is 4.05. The standard InChI is InChI=1S/C19H15ClFNO3S2/c1-25-17-10-7-12(11-15(17)20)14-8-9-16(18(21)19(14)26)22-27(23,24)13-5-3-2-4-6-13/h2-11,22,26H,1H3. The number of sulfonamides is 1. The first-order chi connectivity index (χ1) is 12.8. The molecule has 0 heterocycles. The Hall–Kier alpha value is -2.22. The number of anilines is 1. The first kappa shape index (κ1) is 19.5. The highest BCUT2D eigenvalue weighted by Crippen LogP contribution is 2.36. The number of thiol groups is 1. The molecule has 0 saturated carbocycles. The number of halogens is 2. The van der Waals surface area contributed by atoms with E-state index < -0.39 is 15.8 Å². The molecule has 0 spiro atoms. The zero-order valence-electron chi connectivity index (χ0n) is 14.1. The van der Waals surface area contributed by atoms with E-state index in [2.05, 4.69) is 17.4 Å². The lowest BCUT2D eigenvalue weighted by Crippen LogP contribution is -2.14. The van der Waals surface area contributed by atoms with Gasteiger partial charge in [0.05, 0.1) is 22.7 Å². The summed E-state index contributed by atoms with van der Waals surface area (Å²) in [6, 6.07) is 15.7. The van der Waals surface area contributed by atoms with Crippen molar-refractivity contribution in [3.63, 3.8) is 0 Å². The van der Waals surface area contributed by atoms with Crippen molar-refractivity contribution in [2.24, 2.45) is 0 Å². The molecule has 0 saturated heterocycles. The summed E-state index contributed by atoms with van der Waals surface area (Å²) in [5.41, 5.74) is 0.914. The van der Waals surface area contributed by atoms with Gasteiger partial charge in [-0.1, -0.05) is 41.9 Å². The summed E-state index contributed by atoms with van der Waals surface area (Å²) >= 11 is 10.4. The molecule has 27 heavy (non-hydrogen) atoms. The lowest BCUT2D eigenvalue weighted by molar-refractivity contribution is 0.415. The van der Waals surface area contributed by atoms with Gasteiger partial charge in [-0.25, -0.2) is 12.8 Å². The van der Waals surface area contributed by atoms with E-state index in [1.54, 1.807) is 42.5 Å². The van der Waals surface area contributed by atoms with Crippen LogP contribution in [0.25, 0.3) is 11.1 Å². The van der Waals surface area contributed by atoms with Crippen molar-refractivity contribution in [1.82, 2.24) is 0 Å². The molecule has 1 N–H and O–H groups in total.